The van der Waals surface area contributed by atoms with Gasteiger partial charge in [0.05, 0.1) is 17.1 Å². The number of hydrogen-bond acceptors (Lipinski definition) is 3. The van der Waals surface area contributed by atoms with Crippen molar-refractivity contribution in [3.8, 4) is 6.07 Å². The Kier molecular flexibility index (Phi) is 4.41. The Labute approximate surface area is 157 Å². The van der Waals surface area contributed by atoms with Gasteiger partial charge in [0.1, 0.15) is 5.52 Å². The lowest BCUT2D eigenvalue weighted by Crippen LogP contribution is -2.59. The smallest absolute Gasteiger partial charge is 0.304 e. The number of rotatable bonds is 3. The van der Waals surface area contributed by atoms with Crippen LogP contribution in [-0.2, 0) is 10.3 Å². The molecule has 1 fully saturated rings. The predicted molar refractivity (Wildman–Crippen MR) is 90.6 cm³/mol. The molecule has 28 heavy (non-hydrogen) atoms. The highest BCUT2D eigenvalue weighted by molar-refractivity contribution is 5.92. The molecule has 1 aliphatic carbocycles. The third kappa shape index (κ3) is 3.08. The van der Waals surface area contributed by atoms with Crippen molar-refractivity contribution in [2.24, 2.45) is 5.92 Å². The molecule has 0 saturated heterocycles. The first-order chi connectivity index (χ1) is 12.8. The number of nitrogens with zero attached hydrogens (tertiary/aromatic N) is 3. The zero-order valence-corrected chi connectivity index (χ0v) is 15.3. The second-order valence-corrected chi connectivity index (χ2v) is 7.86. The van der Waals surface area contributed by atoms with Crippen LogP contribution in [0.25, 0.3) is 11.0 Å². The standard InChI is InChI=1S/C18H17F5N4O/c1-16(2,3)27-12-5-9(8-24)4-11(19)14(12)26-15(27)25-13(28)6-10-7-17(20,21)18(10,22)23/h4-5,10H,6-7H2,1-3H3,(H,25,26,28). The molecule has 1 aromatic carbocycles. The van der Waals surface area contributed by atoms with Crippen molar-refractivity contribution in [1.29, 1.82) is 5.26 Å². The highest BCUT2D eigenvalue weighted by atomic mass is 19.3. The van der Waals surface area contributed by atoms with E-state index >= 15 is 0 Å². The van der Waals surface area contributed by atoms with E-state index in [9.17, 15) is 26.7 Å². The maximum absolute atomic E-state index is 14.3. The summed E-state index contributed by atoms with van der Waals surface area (Å²) < 4.78 is 68.5. The van der Waals surface area contributed by atoms with Crippen LogP contribution >= 0.6 is 0 Å². The Morgan fingerprint density at radius 1 is 1.36 bits per heavy atom. The molecule has 1 N–H and O–H groups in total. The highest BCUT2D eigenvalue weighted by Crippen LogP contribution is 2.56. The van der Waals surface area contributed by atoms with Crippen molar-refractivity contribution >= 4 is 22.9 Å². The fourth-order valence-corrected chi connectivity index (χ4v) is 3.30. The molecule has 0 radical (unpaired) electrons. The summed E-state index contributed by atoms with van der Waals surface area (Å²) >= 11 is 0. The normalized spacial score (nSPS) is 20.5. The third-order valence-electron chi connectivity index (χ3n) is 4.70. The lowest BCUT2D eigenvalue weighted by molar-refractivity contribution is -0.313. The summed E-state index contributed by atoms with van der Waals surface area (Å²) in [5, 5.41) is 11.4. The number of amides is 1. The first-order valence-electron chi connectivity index (χ1n) is 8.46. The number of aromatic nitrogens is 2. The van der Waals surface area contributed by atoms with Crippen LogP contribution < -0.4 is 5.32 Å². The maximum Gasteiger partial charge on any atom is 0.313 e. The van der Waals surface area contributed by atoms with Crippen LogP contribution in [0.3, 0.4) is 0 Å². The van der Waals surface area contributed by atoms with Gasteiger partial charge in [0, 0.05) is 24.3 Å². The lowest BCUT2D eigenvalue weighted by Gasteiger charge is -2.43. The molecular weight excluding hydrogens is 383 g/mol. The average Bonchev–Trinajstić information content (AvgIpc) is 2.92. The Bertz CT molecular complexity index is 1000. The fourth-order valence-electron chi connectivity index (χ4n) is 3.30. The molecule has 1 saturated carbocycles. The molecular formula is C18H17F5N4O. The minimum Gasteiger partial charge on any atom is -0.304 e. The summed E-state index contributed by atoms with van der Waals surface area (Å²) in [5.74, 6) is -12.0. The Hall–Kier alpha value is -2.70. The van der Waals surface area contributed by atoms with E-state index in [-0.39, 0.29) is 22.5 Å². The largest absolute Gasteiger partial charge is 0.313 e. The lowest BCUT2D eigenvalue weighted by atomic mass is 9.74. The summed E-state index contributed by atoms with van der Waals surface area (Å²) in [5.41, 5.74) is -0.542. The molecule has 2 aromatic rings. The number of benzene rings is 1. The number of carbonyl (C=O) groups is 1. The van der Waals surface area contributed by atoms with Gasteiger partial charge in [0.15, 0.2) is 5.82 Å². The Balaban J connectivity index is 1.94. The van der Waals surface area contributed by atoms with E-state index in [0.717, 1.165) is 6.07 Å². The third-order valence-corrected chi connectivity index (χ3v) is 4.70. The number of fused-ring (bicyclic) bond motifs is 1. The van der Waals surface area contributed by atoms with Crippen molar-refractivity contribution in [3.63, 3.8) is 0 Å². The zero-order chi connectivity index (χ0) is 21.1. The van der Waals surface area contributed by atoms with Crippen molar-refractivity contribution in [2.45, 2.75) is 51.0 Å². The van der Waals surface area contributed by atoms with Crippen LogP contribution in [0.15, 0.2) is 12.1 Å². The van der Waals surface area contributed by atoms with E-state index in [2.05, 4.69) is 10.3 Å². The number of imidazole rings is 1. The molecule has 10 heteroatoms. The van der Waals surface area contributed by atoms with Crippen molar-refractivity contribution in [2.75, 3.05) is 5.32 Å². The number of halogens is 5. The number of carbonyl (C=O) groups excluding carboxylic acids is 1. The van der Waals surface area contributed by atoms with Gasteiger partial charge in [-0.3, -0.25) is 10.1 Å². The van der Waals surface area contributed by atoms with E-state index in [0.29, 0.717) is 0 Å². The zero-order valence-electron chi connectivity index (χ0n) is 15.3. The van der Waals surface area contributed by atoms with Crippen molar-refractivity contribution in [3.05, 3.63) is 23.5 Å². The molecule has 0 spiro atoms. The summed E-state index contributed by atoms with van der Waals surface area (Å²) in [4.78, 5) is 16.2. The van der Waals surface area contributed by atoms with Crippen LogP contribution in [0.2, 0.25) is 0 Å². The topological polar surface area (TPSA) is 70.7 Å². The molecule has 3 rings (SSSR count). The second kappa shape index (κ2) is 6.15. The van der Waals surface area contributed by atoms with Crippen LogP contribution in [0, 0.1) is 23.1 Å². The van der Waals surface area contributed by atoms with Crippen LogP contribution in [0.4, 0.5) is 27.9 Å². The minimum atomic E-state index is -4.25. The van der Waals surface area contributed by atoms with Crippen molar-refractivity contribution in [1.82, 2.24) is 9.55 Å². The van der Waals surface area contributed by atoms with Gasteiger partial charge < -0.3 is 4.57 Å². The van der Waals surface area contributed by atoms with Crippen molar-refractivity contribution < 1.29 is 26.7 Å². The van der Waals surface area contributed by atoms with Crippen LogP contribution in [-0.4, -0.2) is 27.3 Å². The molecule has 150 valence electrons. The molecule has 1 heterocycles. The first kappa shape index (κ1) is 20.0. The van der Waals surface area contributed by atoms with E-state index in [1.54, 1.807) is 20.8 Å². The Morgan fingerprint density at radius 2 is 2.00 bits per heavy atom. The number of anilines is 1. The molecule has 1 unspecified atom stereocenters. The molecule has 1 atom stereocenters. The van der Waals surface area contributed by atoms with E-state index < -0.39 is 47.9 Å². The van der Waals surface area contributed by atoms with Gasteiger partial charge in [-0.2, -0.15) is 22.8 Å². The Morgan fingerprint density at radius 3 is 2.50 bits per heavy atom. The van der Waals surface area contributed by atoms with Gasteiger partial charge in [-0.25, -0.2) is 9.37 Å². The van der Waals surface area contributed by atoms with Gasteiger partial charge in [-0.05, 0) is 32.9 Å². The monoisotopic (exact) mass is 400 g/mol. The number of hydrogen-bond donors (Lipinski definition) is 1. The molecule has 1 aromatic heterocycles. The minimum absolute atomic E-state index is 0.0459. The van der Waals surface area contributed by atoms with Gasteiger partial charge >= 0.3 is 11.8 Å². The second-order valence-electron chi connectivity index (χ2n) is 7.86. The first-order valence-corrected chi connectivity index (χ1v) is 8.46. The summed E-state index contributed by atoms with van der Waals surface area (Å²) in [7, 11) is 0. The SMILES string of the molecule is CC(C)(C)n1c(NC(=O)CC2CC(F)(F)C2(F)F)nc2c(F)cc(C#N)cc21. The van der Waals surface area contributed by atoms with Gasteiger partial charge in [-0.1, -0.05) is 0 Å². The molecule has 0 bridgehead atoms. The summed E-state index contributed by atoms with van der Waals surface area (Å²) in [6.45, 7) is 5.21. The summed E-state index contributed by atoms with van der Waals surface area (Å²) in [6, 6.07) is 4.21. The van der Waals surface area contributed by atoms with Crippen LogP contribution in [0.5, 0.6) is 0 Å². The molecule has 1 amide bonds. The van der Waals surface area contributed by atoms with E-state index in [1.807, 2.05) is 6.07 Å². The molecule has 0 aliphatic heterocycles. The number of nitriles is 1. The maximum atomic E-state index is 14.3. The van der Waals surface area contributed by atoms with E-state index in [4.69, 9.17) is 5.26 Å². The number of alkyl halides is 4. The summed E-state index contributed by atoms with van der Waals surface area (Å²) in [6.07, 6.45) is -1.90. The van der Waals surface area contributed by atoms with Crippen LogP contribution in [0.1, 0.15) is 39.2 Å². The fraction of sp³-hybridized carbons (Fsp3) is 0.500. The molecule has 1 aliphatic rings. The quantitative estimate of drug-likeness (QED) is 0.776. The average molecular weight is 400 g/mol. The highest BCUT2D eigenvalue weighted by Gasteiger charge is 2.71. The molecule has 5 nitrogen and oxygen atoms in total. The van der Waals surface area contributed by atoms with E-state index in [1.165, 1.54) is 10.6 Å². The number of nitrogens with one attached hydrogen (secondary N) is 1. The predicted octanol–water partition coefficient (Wildman–Crippen LogP) is 4.42. The van der Waals surface area contributed by atoms with Gasteiger partial charge in [0.25, 0.3) is 0 Å². The van der Waals surface area contributed by atoms with Gasteiger partial charge in [0.2, 0.25) is 11.9 Å². The van der Waals surface area contributed by atoms with Gasteiger partial charge in [-0.15, -0.1) is 0 Å².